The highest BCUT2D eigenvalue weighted by Crippen LogP contribution is 2.25. The molecule has 2 aromatic rings. The van der Waals surface area contributed by atoms with Gasteiger partial charge in [0.15, 0.2) is 0 Å². The van der Waals surface area contributed by atoms with Gasteiger partial charge in [0, 0.05) is 4.88 Å². The van der Waals surface area contributed by atoms with E-state index in [4.69, 9.17) is 5.11 Å². The van der Waals surface area contributed by atoms with Crippen LogP contribution in [0.4, 0.5) is 0 Å². The van der Waals surface area contributed by atoms with Gasteiger partial charge in [0.05, 0.1) is 18.9 Å². The lowest BCUT2D eigenvalue weighted by Crippen LogP contribution is -2.31. The number of carbonyl (C=O) groups is 2. The lowest BCUT2D eigenvalue weighted by Gasteiger charge is -2.21. The Morgan fingerprint density at radius 2 is 1.83 bits per heavy atom. The summed E-state index contributed by atoms with van der Waals surface area (Å²) < 4.78 is 0. The average molecular weight is 345 g/mol. The van der Waals surface area contributed by atoms with Crippen molar-refractivity contribution in [3.8, 4) is 0 Å². The van der Waals surface area contributed by atoms with Gasteiger partial charge < -0.3 is 10.4 Å². The lowest BCUT2D eigenvalue weighted by molar-refractivity contribution is -0.137. The van der Waals surface area contributed by atoms with Crippen LogP contribution in [-0.2, 0) is 21.4 Å². The molecule has 0 aliphatic carbocycles. The molecule has 0 aliphatic heterocycles. The van der Waals surface area contributed by atoms with E-state index in [9.17, 15) is 9.59 Å². The van der Waals surface area contributed by atoms with E-state index in [1.54, 1.807) is 0 Å². The highest BCUT2D eigenvalue weighted by atomic mass is 32.1. The molecule has 0 saturated heterocycles. The van der Waals surface area contributed by atoms with Crippen molar-refractivity contribution in [3.05, 3.63) is 57.8 Å². The maximum absolute atomic E-state index is 12.2. The van der Waals surface area contributed by atoms with Gasteiger partial charge in [0.1, 0.15) is 0 Å². The summed E-state index contributed by atoms with van der Waals surface area (Å²) in [7, 11) is 0. The van der Waals surface area contributed by atoms with E-state index >= 15 is 0 Å². The molecule has 1 atom stereocenters. The molecule has 1 amide bonds. The molecule has 1 aromatic carbocycles. The second kappa shape index (κ2) is 7.62. The molecule has 0 saturated carbocycles. The topological polar surface area (TPSA) is 66.4 Å². The molecule has 1 heterocycles. The minimum atomic E-state index is -0.934. The number of rotatable bonds is 6. The number of hydrogen-bond acceptors (Lipinski definition) is 3. The van der Waals surface area contributed by atoms with Crippen molar-refractivity contribution in [2.45, 2.75) is 45.1 Å². The number of carbonyl (C=O) groups excluding carboxylic acids is 1. The van der Waals surface area contributed by atoms with Crippen LogP contribution in [-0.4, -0.2) is 17.0 Å². The molecule has 0 spiro atoms. The summed E-state index contributed by atoms with van der Waals surface area (Å²) in [5.74, 6) is -1.10. The summed E-state index contributed by atoms with van der Waals surface area (Å²) in [6, 6.07) is 11.1. The number of carboxylic acids is 1. The van der Waals surface area contributed by atoms with Gasteiger partial charge in [-0.1, -0.05) is 51.1 Å². The van der Waals surface area contributed by atoms with Gasteiger partial charge in [-0.05, 0) is 28.0 Å². The Morgan fingerprint density at radius 1 is 1.17 bits per heavy atom. The van der Waals surface area contributed by atoms with Gasteiger partial charge in [0.25, 0.3) is 0 Å². The Morgan fingerprint density at radius 3 is 2.33 bits per heavy atom. The molecule has 1 aromatic heterocycles. The number of hydrogen-bond donors (Lipinski definition) is 2. The van der Waals surface area contributed by atoms with E-state index in [2.05, 4.69) is 26.1 Å². The summed E-state index contributed by atoms with van der Waals surface area (Å²) in [4.78, 5) is 24.3. The Kier molecular flexibility index (Phi) is 5.78. The van der Waals surface area contributed by atoms with E-state index in [0.717, 1.165) is 10.4 Å². The number of aliphatic carboxylic acids is 1. The zero-order valence-corrected chi connectivity index (χ0v) is 15.0. The summed E-state index contributed by atoms with van der Waals surface area (Å²) in [5, 5.41) is 13.9. The van der Waals surface area contributed by atoms with Crippen molar-refractivity contribution >= 4 is 23.2 Å². The predicted octanol–water partition coefficient (Wildman–Crippen LogP) is 3.92. The highest BCUT2D eigenvalue weighted by Gasteiger charge is 2.20. The normalized spacial score (nSPS) is 12.6. The van der Waals surface area contributed by atoms with Crippen LogP contribution < -0.4 is 5.32 Å². The highest BCUT2D eigenvalue weighted by molar-refractivity contribution is 7.10. The van der Waals surface area contributed by atoms with Crippen LogP contribution in [0.1, 0.15) is 49.2 Å². The number of carboxylic acid groups (broad SMARTS) is 1. The monoisotopic (exact) mass is 345 g/mol. The second-order valence-corrected chi connectivity index (χ2v) is 7.88. The minimum absolute atomic E-state index is 0.0310. The number of thiophene rings is 1. The van der Waals surface area contributed by atoms with Gasteiger partial charge in [-0.25, -0.2) is 0 Å². The van der Waals surface area contributed by atoms with Gasteiger partial charge in [0.2, 0.25) is 5.91 Å². The van der Waals surface area contributed by atoms with E-state index in [1.807, 2.05) is 41.8 Å². The number of amides is 1. The quantitative estimate of drug-likeness (QED) is 0.834. The first-order valence-electron chi connectivity index (χ1n) is 7.89. The van der Waals surface area contributed by atoms with Gasteiger partial charge in [-0.15, -0.1) is 11.3 Å². The largest absolute Gasteiger partial charge is 0.481 e. The number of nitrogens with one attached hydrogen (secondary N) is 1. The predicted molar refractivity (Wildman–Crippen MR) is 96.3 cm³/mol. The first-order chi connectivity index (χ1) is 11.3. The van der Waals surface area contributed by atoms with Crippen LogP contribution in [0.25, 0.3) is 0 Å². The molecule has 0 bridgehead atoms. The zero-order chi connectivity index (χ0) is 17.7. The van der Waals surface area contributed by atoms with Crippen LogP contribution in [0.15, 0.2) is 41.8 Å². The zero-order valence-electron chi connectivity index (χ0n) is 14.2. The Bertz CT molecular complexity index is 684. The van der Waals surface area contributed by atoms with Crippen LogP contribution in [0.5, 0.6) is 0 Å². The van der Waals surface area contributed by atoms with Crippen LogP contribution >= 0.6 is 11.3 Å². The van der Waals surface area contributed by atoms with Crippen molar-refractivity contribution in [1.29, 1.82) is 0 Å². The molecular weight excluding hydrogens is 322 g/mol. The summed E-state index contributed by atoms with van der Waals surface area (Å²) >= 11 is 1.52. The fourth-order valence-electron chi connectivity index (χ4n) is 2.46. The molecule has 0 radical (unpaired) electrons. The van der Waals surface area contributed by atoms with Crippen molar-refractivity contribution in [1.82, 2.24) is 5.32 Å². The second-order valence-electron chi connectivity index (χ2n) is 6.85. The van der Waals surface area contributed by atoms with E-state index in [0.29, 0.717) is 0 Å². The smallest absolute Gasteiger partial charge is 0.305 e. The molecule has 2 N–H and O–H groups in total. The summed E-state index contributed by atoms with van der Waals surface area (Å²) in [5.41, 5.74) is 2.01. The molecule has 0 aliphatic rings. The van der Waals surface area contributed by atoms with Gasteiger partial charge >= 0.3 is 5.97 Å². The lowest BCUT2D eigenvalue weighted by atomic mass is 9.86. The fraction of sp³-hybridized carbons (Fsp3) is 0.368. The fourth-order valence-corrected chi connectivity index (χ4v) is 3.16. The van der Waals surface area contributed by atoms with Gasteiger partial charge in [-0.3, -0.25) is 9.59 Å². The molecule has 2 rings (SSSR count). The summed E-state index contributed by atoms with van der Waals surface area (Å²) in [6.07, 6.45) is 0.138. The van der Waals surface area contributed by atoms with E-state index in [1.165, 1.54) is 16.9 Å². The average Bonchev–Trinajstić information content (AvgIpc) is 2.98. The van der Waals surface area contributed by atoms with E-state index < -0.39 is 12.0 Å². The van der Waals surface area contributed by atoms with Crippen LogP contribution in [0, 0.1) is 0 Å². The van der Waals surface area contributed by atoms with Crippen LogP contribution in [0.3, 0.4) is 0 Å². The Balaban J connectivity index is 2.12. The van der Waals surface area contributed by atoms with Crippen LogP contribution in [0.2, 0.25) is 0 Å². The molecule has 0 fully saturated rings. The summed E-state index contributed by atoms with van der Waals surface area (Å²) in [6.45, 7) is 6.37. The maximum Gasteiger partial charge on any atom is 0.305 e. The maximum atomic E-state index is 12.2. The molecule has 5 heteroatoms. The molecule has 24 heavy (non-hydrogen) atoms. The SMILES string of the molecule is CC(C)(C)c1ccc(C(CC(=O)O)NC(=O)Cc2cccs2)cc1. The minimum Gasteiger partial charge on any atom is -0.481 e. The first kappa shape index (κ1) is 18.2. The Hall–Kier alpha value is -2.14. The van der Waals surface area contributed by atoms with Crippen molar-refractivity contribution in [3.63, 3.8) is 0 Å². The van der Waals surface area contributed by atoms with Gasteiger partial charge in [-0.2, -0.15) is 0 Å². The van der Waals surface area contributed by atoms with E-state index in [-0.39, 0.29) is 24.2 Å². The third-order valence-corrected chi connectivity index (χ3v) is 4.68. The molecule has 128 valence electrons. The van der Waals surface area contributed by atoms with Crippen molar-refractivity contribution in [2.24, 2.45) is 0 Å². The number of benzene rings is 1. The standard InChI is InChI=1S/C19H23NO3S/c1-19(2,3)14-8-6-13(7-9-14)16(12-18(22)23)20-17(21)11-15-5-4-10-24-15/h4-10,16H,11-12H2,1-3H3,(H,20,21)(H,22,23). The first-order valence-corrected chi connectivity index (χ1v) is 8.77. The Labute approximate surface area is 146 Å². The molecule has 1 unspecified atom stereocenters. The van der Waals surface area contributed by atoms with Crippen molar-refractivity contribution < 1.29 is 14.7 Å². The molecular formula is C19H23NO3S. The third kappa shape index (κ3) is 5.20. The molecule has 4 nitrogen and oxygen atoms in total. The van der Waals surface area contributed by atoms with Crippen molar-refractivity contribution in [2.75, 3.05) is 0 Å². The third-order valence-electron chi connectivity index (χ3n) is 3.81.